The van der Waals surface area contributed by atoms with Crippen molar-refractivity contribution in [2.45, 2.75) is 19.4 Å². The number of carbonyl (C=O) groups excluding carboxylic acids is 2. The molecule has 0 aromatic heterocycles. The van der Waals surface area contributed by atoms with E-state index in [-0.39, 0.29) is 35.4 Å². The molecule has 2 aromatic rings. The summed E-state index contributed by atoms with van der Waals surface area (Å²) in [5, 5.41) is 27.4. The maximum absolute atomic E-state index is 12.7. The topological polar surface area (TPSA) is 128 Å². The van der Waals surface area contributed by atoms with Crippen LogP contribution in [0.5, 0.6) is 5.75 Å². The number of piperidine rings is 1. The predicted molar refractivity (Wildman–Crippen MR) is 122 cm³/mol. The highest BCUT2D eigenvalue weighted by Gasteiger charge is 2.19. The smallest absolute Gasteiger partial charge is 0.352 e. The maximum atomic E-state index is 12.7. The Labute approximate surface area is 193 Å². The molecule has 168 valence electrons. The number of amides is 2. The molecule has 1 aliphatic rings. The summed E-state index contributed by atoms with van der Waals surface area (Å²) in [6.07, 6.45) is 3.21. The highest BCUT2D eigenvalue weighted by Crippen LogP contribution is 2.20. The van der Waals surface area contributed by atoms with Crippen LogP contribution in [0.15, 0.2) is 58.7 Å². The van der Waals surface area contributed by atoms with Crippen molar-refractivity contribution < 1.29 is 24.6 Å². The van der Waals surface area contributed by atoms with Gasteiger partial charge in [0.2, 0.25) is 0 Å². The molecule has 5 N–H and O–H groups in total. The van der Waals surface area contributed by atoms with Crippen molar-refractivity contribution in [3.63, 3.8) is 0 Å². The summed E-state index contributed by atoms with van der Waals surface area (Å²) >= 11 is 3.30. The molecule has 1 saturated heterocycles. The maximum Gasteiger partial charge on any atom is 0.352 e. The second kappa shape index (κ2) is 10.9. The fourth-order valence-electron chi connectivity index (χ4n) is 3.39. The first-order chi connectivity index (χ1) is 15.3. The van der Waals surface area contributed by atoms with E-state index in [9.17, 15) is 24.6 Å². The molecule has 0 radical (unpaired) electrons. The minimum absolute atomic E-state index is 0.0867. The Morgan fingerprint density at radius 2 is 1.84 bits per heavy atom. The van der Waals surface area contributed by atoms with Crippen LogP contribution in [0, 0.1) is 5.92 Å². The number of rotatable bonds is 7. The van der Waals surface area contributed by atoms with Gasteiger partial charge in [0.25, 0.3) is 11.8 Å². The van der Waals surface area contributed by atoms with Gasteiger partial charge in [0.05, 0.1) is 5.56 Å². The fourth-order valence-corrected chi connectivity index (χ4v) is 3.95. The van der Waals surface area contributed by atoms with Crippen molar-refractivity contribution in [1.82, 2.24) is 16.0 Å². The predicted octanol–water partition coefficient (Wildman–Crippen LogP) is 2.78. The number of allylic oxidation sites excluding steroid dienone is 1. The molecule has 1 fully saturated rings. The number of carboxylic acid groups (broad SMARTS) is 1. The highest BCUT2D eigenvalue weighted by atomic mass is 79.9. The number of halogens is 1. The Hall–Kier alpha value is -3.17. The average Bonchev–Trinajstić information content (AvgIpc) is 2.77. The van der Waals surface area contributed by atoms with Gasteiger partial charge in [-0.1, -0.05) is 18.2 Å². The SMILES string of the molecule is O=C(O)/C(=C/C1CCNCC1)NC(=O)c1ccc(C(=O)NCc2cccc(O)c2)cc1Br. The van der Waals surface area contributed by atoms with Crippen LogP contribution in [0.25, 0.3) is 0 Å². The number of benzene rings is 2. The lowest BCUT2D eigenvalue weighted by molar-refractivity contribution is -0.133. The molecule has 9 heteroatoms. The van der Waals surface area contributed by atoms with E-state index >= 15 is 0 Å². The summed E-state index contributed by atoms with van der Waals surface area (Å²) in [5.74, 6) is -1.92. The number of hydrogen-bond acceptors (Lipinski definition) is 5. The Morgan fingerprint density at radius 3 is 2.50 bits per heavy atom. The minimum atomic E-state index is -1.20. The van der Waals surface area contributed by atoms with Gasteiger partial charge in [-0.05, 0) is 83.7 Å². The van der Waals surface area contributed by atoms with Crippen LogP contribution in [0.4, 0.5) is 0 Å². The Morgan fingerprint density at radius 1 is 1.09 bits per heavy atom. The molecule has 2 aromatic carbocycles. The van der Waals surface area contributed by atoms with Crippen LogP contribution >= 0.6 is 15.9 Å². The monoisotopic (exact) mass is 501 g/mol. The molecule has 0 aliphatic carbocycles. The minimum Gasteiger partial charge on any atom is -0.508 e. The van der Waals surface area contributed by atoms with E-state index in [2.05, 4.69) is 31.9 Å². The third-order valence-electron chi connectivity index (χ3n) is 5.10. The highest BCUT2D eigenvalue weighted by molar-refractivity contribution is 9.10. The largest absolute Gasteiger partial charge is 0.508 e. The van der Waals surface area contributed by atoms with E-state index in [1.54, 1.807) is 30.3 Å². The first kappa shape index (κ1) is 23.5. The van der Waals surface area contributed by atoms with Gasteiger partial charge in [-0.3, -0.25) is 9.59 Å². The van der Waals surface area contributed by atoms with E-state index < -0.39 is 11.9 Å². The number of hydrogen-bond donors (Lipinski definition) is 5. The Kier molecular flexibility index (Phi) is 8.02. The molecule has 1 heterocycles. The van der Waals surface area contributed by atoms with E-state index in [0.29, 0.717) is 10.0 Å². The number of carbonyl (C=O) groups is 3. The number of phenolic OH excluding ortho intramolecular Hbond substituents is 1. The van der Waals surface area contributed by atoms with Crippen LogP contribution < -0.4 is 16.0 Å². The molecule has 0 spiro atoms. The van der Waals surface area contributed by atoms with Crippen LogP contribution in [0.1, 0.15) is 39.1 Å². The lowest BCUT2D eigenvalue weighted by atomic mass is 9.97. The van der Waals surface area contributed by atoms with Gasteiger partial charge in [-0.25, -0.2) is 4.79 Å². The molecule has 3 rings (SSSR count). The number of nitrogens with one attached hydrogen (secondary N) is 3. The van der Waals surface area contributed by atoms with Gasteiger partial charge < -0.3 is 26.2 Å². The summed E-state index contributed by atoms with van der Waals surface area (Å²) in [6.45, 7) is 1.85. The third kappa shape index (κ3) is 6.41. The number of carboxylic acids is 1. The summed E-state index contributed by atoms with van der Waals surface area (Å²) in [7, 11) is 0. The zero-order valence-corrected chi connectivity index (χ0v) is 18.8. The van der Waals surface area contributed by atoms with E-state index in [1.807, 2.05) is 0 Å². The van der Waals surface area contributed by atoms with Gasteiger partial charge in [0.15, 0.2) is 0 Å². The molecule has 0 saturated carbocycles. The van der Waals surface area contributed by atoms with Crippen LogP contribution in [0.2, 0.25) is 0 Å². The Balaban J connectivity index is 1.66. The van der Waals surface area contributed by atoms with E-state index in [1.165, 1.54) is 18.2 Å². The van der Waals surface area contributed by atoms with Crippen molar-refractivity contribution >= 4 is 33.7 Å². The average molecular weight is 502 g/mol. The van der Waals surface area contributed by atoms with Crippen molar-refractivity contribution in [2.75, 3.05) is 13.1 Å². The fraction of sp³-hybridized carbons (Fsp3) is 0.261. The van der Waals surface area contributed by atoms with Crippen LogP contribution in [0.3, 0.4) is 0 Å². The first-order valence-corrected chi connectivity index (χ1v) is 11.0. The summed E-state index contributed by atoms with van der Waals surface area (Å²) in [6, 6.07) is 11.0. The molecule has 32 heavy (non-hydrogen) atoms. The quantitative estimate of drug-likeness (QED) is 0.371. The summed E-state index contributed by atoms with van der Waals surface area (Å²) in [4.78, 5) is 36.7. The molecule has 8 nitrogen and oxygen atoms in total. The summed E-state index contributed by atoms with van der Waals surface area (Å²) < 4.78 is 0.367. The molecular formula is C23H24BrN3O5. The van der Waals surface area contributed by atoms with Gasteiger partial charge in [0, 0.05) is 16.6 Å². The third-order valence-corrected chi connectivity index (χ3v) is 5.76. The lowest BCUT2D eigenvalue weighted by Crippen LogP contribution is -2.31. The van der Waals surface area contributed by atoms with Gasteiger partial charge in [-0.2, -0.15) is 0 Å². The molecule has 0 unspecified atom stereocenters. The van der Waals surface area contributed by atoms with Crippen LogP contribution in [-0.4, -0.2) is 41.1 Å². The van der Waals surface area contributed by atoms with Crippen molar-refractivity contribution in [1.29, 1.82) is 0 Å². The van der Waals surface area contributed by atoms with Crippen molar-refractivity contribution in [3.05, 3.63) is 75.4 Å². The number of aromatic hydroxyl groups is 1. The van der Waals surface area contributed by atoms with Crippen molar-refractivity contribution in [2.24, 2.45) is 5.92 Å². The number of aliphatic carboxylic acids is 1. The second-order valence-corrected chi connectivity index (χ2v) is 8.33. The van der Waals surface area contributed by atoms with Gasteiger partial charge in [0.1, 0.15) is 11.4 Å². The molecular weight excluding hydrogens is 478 g/mol. The Bertz CT molecular complexity index is 1050. The molecule has 0 bridgehead atoms. The van der Waals surface area contributed by atoms with E-state index in [4.69, 9.17) is 0 Å². The number of phenols is 1. The molecule has 0 atom stereocenters. The normalized spacial score (nSPS) is 14.6. The van der Waals surface area contributed by atoms with Gasteiger partial charge >= 0.3 is 5.97 Å². The molecule has 1 aliphatic heterocycles. The zero-order chi connectivity index (χ0) is 23.1. The zero-order valence-electron chi connectivity index (χ0n) is 17.2. The van der Waals surface area contributed by atoms with Crippen LogP contribution in [-0.2, 0) is 11.3 Å². The summed E-state index contributed by atoms with van der Waals surface area (Å²) in [5.41, 5.74) is 1.14. The second-order valence-electron chi connectivity index (χ2n) is 7.47. The van der Waals surface area contributed by atoms with E-state index in [0.717, 1.165) is 31.5 Å². The lowest BCUT2D eigenvalue weighted by Gasteiger charge is -2.20. The standard InChI is InChI=1S/C23H24BrN3O5/c24-19-12-16(21(29)26-13-15-2-1-3-17(28)10-15)4-5-18(19)22(30)27-20(23(31)32)11-14-6-8-25-9-7-14/h1-5,10-12,14,25,28H,6-9,13H2,(H,26,29)(H,27,30)(H,31,32)/b20-11-. The molecule has 2 amide bonds. The van der Waals surface area contributed by atoms with Gasteiger partial charge in [-0.15, -0.1) is 0 Å². The first-order valence-electron chi connectivity index (χ1n) is 10.2. The van der Waals surface area contributed by atoms with Crippen molar-refractivity contribution in [3.8, 4) is 5.75 Å².